The molecule has 1 saturated heterocycles. The zero-order valence-electron chi connectivity index (χ0n) is 13.4. The van der Waals surface area contributed by atoms with E-state index in [9.17, 15) is 0 Å². The minimum Gasteiger partial charge on any atom is -0.497 e. The average molecular weight is 286 g/mol. The Balaban J connectivity index is 1.92. The Kier molecular flexibility index (Phi) is 4.59. The zero-order valence-corrected chi connectivity index (χ0v) is 13.4. The first kappa shape index (κ1) is 15.9. The van der Waals surface area contributed by atoms with Crippen molar-refractivity contribution < 1.29 is 14.0 Å². The second-order valence-electron chi connectivity index (χ2n) is 6.14. The highest BCUT2D eigenvalue weighted by molar-refractivity contribution is 6.51. The lowest BCUT2D eigenvalue weighted by atomic mass is 9.90. The molecule has 1 aliphatic heterocycles. The minimum absolute atomic E-state index is 0.290. The summed E-state index contributed by atoms with van der Waals surface area (Å²) < 4.78 is 16.9. The molecule has 2 rings (SSSR count). The summed E-state index contributed by atoms with van der Waals surface area (Å²) in [6.07, 6.45) is 5.96. The van der Waals surface area contributed by atoms with E-state index in [0.717, 1.165) is 11.3 Å². The van der Waals surface area contributed by atoms with Crippen LogP contribution in [0, 0.1) is 0 Å². The number of hydrogen-bond donors (Lipinski definition) is 0. The molecule has 21 heavy (non-hydrogen) atoms. The highest BCUT2D eigenvalue weighted by atomic mass is 16.7. The summed E-state index contributed by atoms with van der Waals surface area (Å²) in [5.41, 5.74) is 0.540. The molecule has 1 aromatic rings. The molecule has 3 nitrogen and oxygen atoms in total. The number of benzene rings is 1. The first-order valence-corrected chi connectivity index (χ1v) is 7.19. The first-order chi connectivity index (χ1) is 9.84. The van der Waals surface area contributed by atoms with Gasteiger partial charge < -0.3 is 14.0 Å². The molecule has 1 aliphatic rings. The number of allylic oxidation sites excluding steroid dienone is 2. The van der Waals surface area contributed by atoms with Gasteiger partial charge in [-0.15, -0.1) is 0 Å². The summed E-state index contributed by atoms with van der Waals surface area (Å²) in [6.45, 7) is 8.20. The second-order valence-corrected chi connectivity index (χ2v) is 6.14. The Morgan fingerprint density at radius 2 is 1.52 bits per heavy atom. The topological polar surface area (TPSA) is 27.7 Å². The van der Waals surface area contributed by atoms with Gasteiger partial charge >= 0.3 is 7.12 Å². The predicted molar refractivity (Wildman–Crippen MR) is 87.3 cm³/mol. The Morgan fingerprint density at radius 3 is 2.05 bits per heavy atom. The molecule has 112 valence electrons. The number of rotatable bonds is 4. The summed E-state index contributed by atoms with van der Waals surface area (Å²) in [5, 5.41) is 0. The predicted octanol–water partition coefficient (Wildman–Crippen LogP) is 3.90. The van der Waals surface area contributed by atoms with E-state index in [2.05, 4.69) is 0 Å². The lowest BCUT2D eigenvalue weighted by Crippen LogP contribution is -2.41. The molecular formula is C17H23BO3. The molecule has 0 aliphatic carbocycles. The van der Waals surface area contributed by atoms with Crippen LogP contribution in [0.25, 0.3) is 6.08 Å². The SMILES string of the molecule is COc1ccc(/C=C/C=C/B2OC(C)(C)C(C)(C)O2)cc1. The van der Waals surface area contributed by atoms with Gasteiger partial charge in [-0.3, -0.25) is 0 Å². The molecule has 0 N–H and O–H groups in total. The number of methoxy groups -OCH3 is 1. The molecule has 0 amide bonds. The van der Waals surface area contributed by atoms with Crippen LogP contribution in [-0.2, 0) is 9.31 Å². The van der Waals surface area contributed by atoms with E-state index in [1.807, 2.05) is 76.2 Å². The third-order valence-corrected chi connectivity index (χ3v) is 4.06. The van der Waals surface area contributed by atoms with Crippen LogP contribution in [-0.4, -0.2) is 25.4 Å². The summed E-state index contributed by atoms with van der Waals surface area (Å²) in [5.74, 6) is 2.79. The molecule has 0 bridgehead atoms. The van der Waals surface area contributed by atoms with Gasteiger partial charge in [0.1, 0.15) is 5.75 Å². The molecule has 1 fully saturated rings. The van der Waals surface area contributed by atoms with Crippen molar-refractivity contribution in [1.29, 1.82) is 0 Å². The van der Waals surface area contributed by atoms with E-state index >= 15 is 0 Å². The van der Waals surface area contributed by atoms with Gasteiger partial charge in [0, 0.05) is 0 Å². The standard InChI is InChI=1S/C17H23BO3/c1-16(2)17(3,4)21-18(20-16)13-7-6-8-14-9-11-15(19-5)12-10-14/h6-13H,1-5H3/b8-6+,13-7+. The Morgan fingerprint density at radius 1 is 0.952 bits per heavy atom. The van der Waals surface area contributed by atoms with E-state index in [1.54, 1.807) is 7.11 Å². The number of hydrogen-bond acceptors (Lipinski definition) is 3. The van der Waals surface area contributed by atoms with Crippen molar-refractivity contribution in [3.8, 4) is 5.75 Å². The highest BCUT2D eigenvalue weighted by Gasteiger charge is 2.49. The van der Waals surface area contributed by atoms with Crippen LogP contribution in [0.4, 0.5) is 0 Å². The molecule has 1 aromatic carbocycles. The fraction of sp³-hybridized carbons (Fsp3) is 0.412. The fourth-order valence-corrected chi connectivity index (χ4v) is 2.00. The lowest BCUT2D eigenvalue weighted by Gasteiger charge is -2.32. The van der Waals surface area contributed by atoms with Crippen molar-refractivity contribution in [3.63, 3.8) is 0 Å². The van der Waals surface area contributed by atoms with E-state index in [4.69, 9.17) is 14.0 Å². The van der Waals surface area contributed by atoms with E-state index < -0.39 is 0 Å². The third-order valence-electron chi connectivity index (χ3n) is 4.06. The van der Waals surface area contributed by atoms with Gasteiger partial charge in [-0.25, -0.2) is 0 Å². The summed E-state index contributed by atoms with van der Waals surface area (Å²) in [4.78, 5) is 0. The van der Waals surface area contributed by atoms with Crippen molar-refractivity contribution in [2.75, 3.05) is 7.11 Å². The molecular weight excluding hydrogens is 263 g/mol. The van der Waals surface area contributed by atoms with Gasteiger partial charge in [0.05, 0.1) is 18.3 Å². The van der Waals surface area contributed by atoms with Crippen LogP contribution < -0.4 is 4.74 Å². The molecule has 0 saturated carbocycles. The highest BCUT2D eigenvalue weighted by Crippen LogP contribution is 2.36. The summed E-state index contributed by atoms with van der Waals surface area (Å²) in [7, 11) is 1.37. The van der Waals surface area contributed by atoms with Crippen molar-refractivity contribution >= 4 is 13.2 Å². The van der Waals surface area contributed by atoms with Crippen LogP contribution in [0.1, 0.15) is 33.3 Å². The van der Waals surface area contributed by atoms with Crippen LogP contribution in [0.3, 0.4) is 0 Å². The average Bonchev–Trinajstić information content (AvgIpc) is 2.63. The van der Waals surface area contributed by atoms with Gasteiger partial charge in [-0.2, -0.15) is 0 Å². The van der Waals surface area contributed by atoms with Gasteiger partial charge in [0.15, 0.2) is 0 Å². The Labute approximate surface area is 127 Å². The van der Waals surface area contributed by atoms with Crippen LogP contribution >= 0.6 is 0 Å². The first-order valence-electron chi connectivity index (χ1n) is 7.19. The van der Waals surface area contributed by atoms with Crippen LogP contribution in [0.2, 0.25) is 0 Å². The van der Waals surface area contributed by atoms with Gasteiger partial charge in [-0.05, 0) is 45.4 Å². The molecule has 1 heterocycles. The molecule has 4 heteroatoms. The maximum absolute atomic E-state index is 5.89. The van der Waals surface area contributed by atoms with E-state index in [-0.39, 0.29) is 18.3 Å². The zero-order chi connectivity index (χ0) is 15.5. The second kappa shape index (κ2) is 6.08. The minimum atomic E-state index is -0.296. The van der Waals surface area contributed by atoms with Crippen molar-refractivity contribution in [1.82, 2.24) is 0 Å². The van der Waals surface area contributed by atoms with Crippen LogP contribution in [0.5, 0.6) is 5.75 Å². The van der Waals surface area contributed by atoms with Gasteiger partial charge in [-0.1, -0.05) is 36.3 Å². The lowest BCUT2D eigenvalue weighted by molar-refractivity contribution is 0.00578. The van der Waals surface area contributed by atoms with Crippen molar-refractivity contribution in [3.05, 3.63) is 48.0 Å². The smallest absolute Gasteiger partial charge is 0.487 e. The summed E-state index contributed by atoms with van der Waals surface area (Å²) in [6, 6.07) is 7.91. The fourth-order valence-electron chi connectivity index (χ4n) is 2.00. The molecule has 0 unspecified atom stereocenters. The Hall–Kier alpha value is -1.52. The maximum Gasteiger partial charge on any atom is 0.487 e. The Bertz CT molecular complexity index is 513. The number of ether oxygens (including phenoxy) is 1. The van der Waals surface area contributed by atoms with E-state index in [0.29, 0.717) is 0 Å². The molecule has 0 aromatic heterocycles. The van der Waals surface area contributed by atoms with Crippen LogP contribution in [0.15, 0.2) is 42.4 Å². The molecule has 0 spiro atoms. The monoisotopic (exact) mass is 286 g/mol. The maximum atomic E-state index is 5.89. The van der Waals surface area contributed by atoms with E-state index in [1.165, 1.54) is 0 Å². The van der Waals surface area contributed by atoms with Crippen molar-refractivity contribution in [2.24, 2.45) is 0 Å². The van der Waals surface area contributed by atoms with Gasteiger partial charge in [0.2, 0.25) is 0 Å². The largest absolute Gasteiger partial charge is 0.497 e. The normalized spacial score (nSPS) is 20.5. The summed E-state index contributed by atoms with van der Waals surface area (Å²) >= 11 is 0. The van der Waals surface area contributed by atoms with Crippen molar-refractivity contribution in [2.45, 2.75) is 38.9 Å². The van der Waals surface area contributed by atoms with Gasteiger partial charge in [0.25, 0.3) is 0 Å². The quantitative estimate of drug-likeness (QED) is 0.620. The molecule has 0 atom stereocenters. The third kappa shape index (κ3) is 3.77. The molecule has 0 radical (unpaired) electrons.